The summed E-state index contributed by atoms with van der Waals surface area (Å²) in [6.07, 6.45) is 1.01. The van der Waals surface area contributed by atoms with Crippen LogP contribution in [0, 0.1) is 0 Å². The molecule has 0 unspecified atom stereocenters. The first-order chi connectivity index (χ1) is 11.1. The second-order valence-corrected chi connectivity index (χ2v) is 7.09. The first-order valence-electron chi connectivity index (χ1n) is 6.96. The molecule has 1 amide bonds. The zero-order chi connectivity index (χ0) is 16.2. The summed E-state index contributed by atoms with van der Waals surface area (Å²) in [4.78, 5) is 16.5. The third kappa shape index (κ3) is 4.13. The lowest BCUT2D eigenvalue weighted by molar-refractivity contribution is -0.115. The van der Waals surface area contributed by atoms with Crippen LogP contribution in [0.2, 0.25) is 5.02 Å². The van der Waals surface area contributed by atoms with Gasteiger partial charge < -0.3 is 5.32 Å². The van der Waals surface area contributed by atoms with Crippen LogP contribution in [0.4, 0.5) is 5.13 Å². The van der Waals surface area contributed by atoms with Crippen molar-refractivity contribution in [3.8, 4) is 10.6 Å². The van der Waals surface area contributed by atoms with Gasteiger partial charge in [0, 0.05) is 16.0 Å². The van der Waals surface area contributed by atoms with E-state index in [4.69, 9.17) is 11.6 Å². The number of nitrogens with one attached hydrogen (secondary N) is 1. The standard InChI is InChI=1S/C15H13ClN4OS2/c1-2-13-19-20-15(23-13)18-12(21)7-11-8-22-14(17-11)9-4-3-5-10(16)6-9/h3-6,8H,2,7H2,1H3,(H,18,20,21). The number of benzene rings is 1. The van der Waals surface area contributed by atoms with Crippen molar-refractivity contribution in [2.75, 3.05) is 5.32 Å². The lowest BCUT2D eigenvalue weighted by Crippen LogP contribution is -2.14. The summed E-state index contributed by atoms with van der Waals surface area (Å²) in [5, 5.41) is 15.5. The van der Waals surface area contributed by atoms with Gasteiger partial charge in [-0.25, -0.2) is 4.98 Å². The van der Waals surface area contributed by atoms with E-state index >= 15 is 0 Å². The highest BCUT2D eigenvalue weighted by Crippen LogP contribution is 2.26. The topological polar surface area (TPSA) is 67.8 Å². The molecule has 23 heavy (non-hydrogen) atoms. The second-order valence-electron chi connectivity index (χ2n) is 4.73. The van der Waals surface area contributed by atoms with Crippen LogP contribution in [0.1, 0.15) is 17.6 Å². The Kier molecular flexibility index (Phi) is 5.00. The van der Waals surface area contributed by atoms with E-state index < -0.39 is 0 Å². The molecule has 0 saturated heterocycles. The molecule has 0 aliphatic carbocycles. The van der Waals surface area contributed by atoms with Crippen LogP contribution >= 0.6 is 34.3 Å². The van der Waals surface area contributed by atoms with Crippen molar-refractivity contribution in [3.63, 3.8) is 0 Å². The monoisotopic (exact) mass is 364 g/mol. The molecular formula is C15H13ClN4OS2. The van der Waals surface area contributed by atoms with Gasteiger partial charge in [0.1, 0.15) is 10.0 Å². The maximum atomic E-state index is 12.1. The molecule has 3 aromatic rings. The predicted octanol–water partition coefficient (Wildman–Crippen LogP) is 4.06. The van der Waals surface area contributed by atoms with Gasteiger partial charge in [0.15, 0.2) is 0 Å². The number of anilines is 1. The number of aromatic nitrogens is 3. The Bertz CT molecular complexity index is 830. The number of halogens is 1. The highest BCUT2D eigenvalue weighted by molar-refractivity contribution is 7.15. The SMILES string of the molecule is CCc1nnc(NC(=O)Cc2csc(-c3cccc(Cl)c3)n2)s1. The van der Waals surface area contributed by atoms with Crippen LogP contribution in [0.3, 0.4) is 0 Å². The van der Waals surface area contributed by atoms with Crippen LogP contribution in [-0.2, 0) is 17.6 Å². The van der Waals surface area contributed by atoms with Crippen molar-refractivity contribution in [2.24, 2.45) is 0 Å². The summed E-state index contributed by atoms with van der Waals surface area (Å²) in [5.74, 6) is -0.147. The molecule has 0 radical (unpaired) electrons. The van der Waals surface area contributed by atoms with Gasteiger partial charge in [-0.1, -0.05) is 42.0 Å². The predicted molar refractivity (Wildman–Crippen MR) is 94.2 cm³/mol. The number of hydrogen-bond donors (Lipinski definition) is 1. The van der Waals surface area contributed by atoms with Crippen LogP contribution in [0.5, 0.6) is 0 Å². The average molecular weight is 365 g/mol. The molecule has 2 heterocycles. The Morgan fingerprint density at radius 3 is 2.96 bits per heavy atom. The fourth-order valence-corrected chi connectivity index (χ4v) is 3.62. The molecule has 0 saturated carbocycles. The first-order valence-corrected chi connectivity index (χ1v) is 9.04. The van der Waals surface area contributed by atoms with E-state index in [1.54, 1.807) is 0 Å². The Labute approximate surface area is 146 Å². The average Bonchev–Trinajstić information content (AvgIpc) is 3.16. The van der Waals surface area contributed by atoms with Crippen LogP contribution in [0.15, 0.2) is 29.6 Å². The number of rotatable bonds is 5. The molecule has 0 aliphatic rings. The molecule has 5 nitrogen and oxygen atoms in total. The number of carbonyl (C=O) groups excluding carboxylic acids is 1. The minimum atomic E-state index is -0.147. The van der Waals surface area contributed by atoms with Crippen molar-refractivity contribution >= 4 is 45.3 Å². The van der Waals surface area contributed by atoms with Gasteiger partial charge in [0.25, 0.3) is 0 Å². The van der Waals surface area contributed by atoms with Crippen LogP contribution in [-0.4, -0.2) is 21.1 Å². The maximum absolute atomic E-state index is 12.1. The molecule has 0 fully saturated rings. The van der Waals surface area contributed by atoms with E-state index in [1.807, 2.05) is 36.6 Å². The molecule has 0 atom stereocenters. The molecule has 2 aromatic heterocycles. The number of hydrogen-bond acceptors (Lipinski definition) is 6. The van der Waals surface area contributed by atoms with Gasteiger partial charge in [-0.05, 0) is 18.6 Å². The zero-order valence-electron chi connectivity index (χ0n) is 12.2. The molecule has 0 bridgehead atoms. The summed E-state index contributed by atoms with van der Waals surface area (Å²) in [6, 6.07) is 7.51. The van der Waals surface area contributed by atoms with Crippen molar-refractivity contribution in [2.45, 2.75) is 19.8 Å². The number of carbonyl (C=O) groups is 1. The lowest BCUT2D eigenvalue weighted by atomic mass is 10.2. The summed E-state index contributed by atoms with van der Waals surface area (Å²) in [5.41, 5.74) is 1.67. The quantitative estimate of drug-likeness (QED) is 0.741. The first kappa shape index (κ1) is 16.0. The maximum Gasteiger partial charge on any atom is 0.232 e. The molecular weight excluding hydrogens is 352 g/mol. The van der Waals surface area contributed by atoms with Gasteiger partial charge in [0.2, 0.25) is 11.0 Å². The van der Waals surface area contributed by atoms with Crippen molar-refractivity contribution in [1.29, 1.82) is 0 Å². The molecule has 1 aromatic carbocycles. The van der Waals surface area contributed by atoms with Gasteiger partial charge in [-0.2, -0.15) is 0 Å². The smallest absolute Gasteiger partial charge is 0.232 e. The molecule has 1 N–H and O–H groups in total. The summed E-state index contributed by atoms with van der Waals surface area (Å²) in [6.45, 7) is 2.00. The van der Waals surface area contributed by atoms with Gasteiger partial charge >= 0.3 is 0 Å². The molecule has 0 aliphatic heterocycles. The Balaban J connectivity index is 1.65. The summed E-state index contributed by atoms with van der Waals surface area (Å²) < 4.78 is 0. The zero-order valence-corrected chi connectivity index (χ0v) is 14.6. The second kappa shape index (κ2) is 7.16. The summed E-state index contributed by atoms with van der Waals surface area (Å²) >= 11 is 8.87. The Hall–Kier alpha value is -1.83. The van der Waals surface area contributed by atoms with Crippen molar-refractivity contribution < 1.29 is 4.79 Å². The Morgan fingerprint density at radius 1 is 1.35 bits per heavy atom. The minimum absolute atomic E-state index is 0.147. The largest absolute Gasteiger partial charge is 0.300 e. The van der Waals surface area contributed by atoms with E-state index in [0.717, 1.165) is 27.7 Å². The number of thiazole rings is 1. The number of aryl methyl sites for hydroxylation is 1. The molecule has 8 heteroatoms. The minimum Gasteiger partial charge on any atom is -0.300 e. The summed E-state index contributed by atoms with van der Waals surface area (Å²) in [7, 11) is 0. The van der Waals surface area contributed by atoms with Gasteiger partial charge in [-0.3, -0.25) is 4.79 Å². The van der Waals surface area contributed by atoms with E-state index in [0.29, 0.717) is 10.2 Å². The molecule has 0 spiro atoms. The third-order valence-electron chi connectivity index (χ3n) is 2.98. The van der Waals surface area contributed by atoms with E-state index in [-0.39, 0.29) is 12.3 Å². The lowest BCUT2D eigenvalue weighted by Gasteiger charge is -1.99. The fraction of sp³-hybridized carbons (Fsp3) is 0.200. The van der Waals surface area contributed by atoms with Gasteiger partial charge in [-0.15, -0.1) is 21.5 Å². The van der Waals surface area contributed by atoms with Crippen molar-refractivity contribution in [1.82, 2.24) is 15.2 Å². The highest BCUT2D eigenvalue weighted by atomic mass is 35.5. The molecule has 3 rings (SSSR count). The van der Waals surface area contributed by atoms with Crippen LogP contribution < -0.4 is 5.32 Å². The van der Waals surface area contributed by atoms with Gasteiger partial charge in [0.05, 0.1) is 12.1 Å². The normalized spacial score (nSPS) is 10.7. The van der Waals surface area contributed by atoms with E-state index in [2.05, 4.69) is 20.5 Å². The van der Waals surface area contributed by atoms with E-state index in [9.17, 15) is 4.79 Å². The Morgan fingerprint density at radius 2 is 2.22 bits per heavy atom. The number of amides is 1. The van der Waals surface area contributed by atoms with Crippen molar-refractivity contribution in [3.05, 3.63) is 45.4 Å². The fourth-order valence-electron chi connectivity index (χ4n) is 1.92. The third-order valence-corrected chi connectivity index (χ3v) is 5.14. The number of nitrogens with zero attached hydrogens (tertiary/aromatic N) is 3. The highest BCUT2D eigenvalue weighted by Gasteiger charge is 2.11. The van der Waals surface area contributed by atoms with Crippen LogP contribution in [0.25, 0.3) is 10.6 Å². The van der Waals surface area contributed by atoms with E-state index in [1.165, 1.54) is 22.7 Å². The molecule has 118 valence electrons.